The first-order chi connectivity index (χ1) is 14.1. The Labute approximate surface area is 180 Å². The van der Waals surface area contributed by atoms with E-state index in [0.717, 1.165) is 28.0 Å². The molecule has 1 aromatic heterocycles. The fourth-order valence-electron chi connectivity index (χ4n) is 2.74. The highest BCUT2D eigenvalue weighted by molar-refractivity contribution is 8.01. The molecule has 2 N–H and O–H groups in total. The summed E-state index contributed by atoms with van der Waals surface area (Å²) in [6.45, 7) is 5.04. The van der Waals surface area contributed by atoms with Gasteiger partial charge in [-0.2, -0.15) is 0 Å². The number of nitrogens with one attached hydrogen (secondary N) is 2. The maximum atomic E-state index is 12.0. The van der Waals surface area contributed by atoms with E-state index >= 15 is 0 Å². The molecule has 5 nitrogen and oxygen atoms in total. The summed E-state index contributed by atoms with van der Waals surface area (Å²) in [5, 5.41) is 15.3. The summed E-state index contributed by atoms with van der Waals surface area (Å²) >= 11 is 2.87. The minimum atomic E-state index is 0.0250. The number of thioether (sulfide) groups is 1. The maximum absolute atomic E-state index is 12.0. The zero-order chi connectivity index (χ0) is 20.5. The number of aromatic nitrogens is 2. The van der Waals surface area contributed by atoms with Crippen LogP contribution in [-0.2, 0) is 11.2 Å². The third-order valence-corrected chi connectivity index (χ3v) is 6.34. The number of carbonyl (C=O) groups is 1. The predicted molar refractivity (Wildman–Crippen MR) is 122 cm³/mol. The number of carbonyl (C=O) groups excluding carboxylic acids is 1. The van der Waals surface area contributed by atoms with E-state index in [1.807, 2.05) is 30.3 Å². The van der Waals surface area contributed by atoms with Gasteiger partial charge in [0.15, 0.2) is 4.34 Å². The number of rotatable bonds is 10. The second-order valence-corrected chi connectivity index (χ2v) is 9.20. The van der Waals surface area contributed by atoms with Crippen molar-refractivity contribution in [3.8, 4) is 0 Å². The number of nitrogens with zero attached hydrogens (tertiary/aromatic N) is 2. The first-order valence-corrected chi connectivity index (χ1v) is 11.5. The number of anilines is 2. The van der Waals surface area contributed by atoms with Crippen molar-refractivity contribution in [3.63, 3.8) is 0 Å². The van der Waals surface area contributed by atoms with Gasteiger partial charge < -0.3 is 10.6 Å². The zero-order valence-corrected chi connectivity index (χ0v) is 18.4. The summed E-state index contributed by atoms with van der Waals surface area (Å²) in [5.41, 5.74) is 3.58. The minimum Gasteiger partial charge on any atom is -0.355 e. The molecule has 0 aliphatic rings. The van der Waals surface area contributed by atoms with Crippen molar-refractivity contribution in [3.05, 3.63) is 65.7 Å². The van der Waals surface area contributed by atoms with Gasteiger partial charge in [-0.15, -0.1) is 10.2 Å². The molecule has 0 saturated heterocycles. The first-order valence-electron chi connectivity index (χ1n) is 9.74. The molecule has 2 aromatic carbocycles. The van der Waals surface area contributed by atoms with Gasteiger partial charge in [0.1, 0.15) is 0 Å². The van der Waals surface area contributed by atoms with Crippen LogP contribution < -0.4 is 10.6 Å². The molecule has 3 rings (SSSR count). The van der Waals surface area contributed by atoms with E-state index in [2.05, 4.69) is 58.9 Å². The highest BCUT2D eigenvalue weighted by Gasteiger charge is 2.08. The number of benzene rings is 2. The molecule has 1 heterocycles. The van der Waals surface area contributed by atoms with E-state index in [9.17, 15) is 4.79 Å². The van der Waals surface area contributed by atoms with Gasteiger partial charge in [0.25, 0.3) is 0 Å². The first kappa shape index (κ1) is 21.3. The van der Waals surface area contributed by atoms with Gasteiger partial charge in [-0.25, -0.2) is 0 Å². The average Bonchev–Trinajstić information content (AvgIpc) is 3.18. The van der Waals surface area contributed by atoms with Crippen LogP contribution in [0.15, 0.2) is 58.9 Å². The Bertz CT molecular complexity index is 895. The summed E-state index contributed by atoms with van der Waals surface area (Å²) < 4.78 is 0.783. The molecule has 3 aromatic rings. The van der Waals surface area contributed by atoms with Crippen LogP contribution in [0.4, 0.5) is 10.8 Å². The lowest BCUT2D eigenvalue weighted by Crippen LogP contribution is -2.26. The van der Waals surface area contributed by atoms with Crippen molar-refractivity contribution in [2.24, 2.45) is 0 Å². The molecular formula is C22H26N4OS2. The highest BCUT2D eigenvalue weighted by atomic mass is 32.2. The van der Waals surface area contributed by atoms with Crippen LogP contribution >= 0.6 is 23.1 Å². The molecule has 0 unspecified atom stereocenters. The van der Waals surface area contributed by atoms with Gasteiger partial charge >= 0.3 is 0 Å². The van der Waals surface area contributed by atoms with Crippen LogP contribution in [0, 0.1) is 0 Å². The standard InChI is InChI=1S/C22H26N4OS2/c1-16(2)18-10-12-19(13-11-18)24-21-25-26-22(29-21)28-15-20(27)23-14-6-9-17-7-4-3-5-8-17/h3-5,7-8,10-13,16H,6,9,14-15H2,1-2H3,(H,23,27)(H,24,25). The Balaban J connectivity index is 1.36. The molecule has 152 valence electrons. The van der Waals surface area contributed by atoms with E-state index < -0.39 is 0 Å². The average molecular weight is 427 g/mol. The summed E-state index contributed by atoms with van der Waals surface area (Å²) in [6.07, 6.45) is 1.90. The molecule has 0 aliphatic heterocycles. The minimum absolute atomic E-state index is 0.0250. The molecule has 0 saturated carbocycles. The van der Waals surface area contributed by atoms with Crippen LogP contribution in [0.5, 0.6) is 0 Å². The lowest BCUT2D eigenvalue weighted by atomic mass is 10.0. The quantitative estimate of drug-likeness (QED) is 0.342. The van der Waals surface area contributed by atoms with Crippen molar-refractivity contribution in [2.75, 3.05) is 17.6 Å². The van der Waals surface area contributed by atoms with Gasteiger partial charge in [0, 0.05) is 12.2 Å². The summed E-state index contributed by atoms with van der Waals surface area (Å²) in [4.78, 5) is 12.0. The van der Waals surface area contributed by atoms with Crippen LogP contribution in [0.1, 0.15) is 37.3 Å². The molecule has 0 aliphatic carbocycles. The monoisotopic (exact) mass is 426 g/mol. The lowest BCUT2D eigenvalue weighted by molar-refractivity contribution is -0.118. The molecule has 0 bridgehead atoms. The van der Waals surface area contributed by atoms with Gasteiger partial charge in [-0.1, -0.05) is 79.4 Å². The third-order valence-electron chi connectivity index (χ3n) is 4.37. The van der Waals surface area contributed by atoms with E-state index in [0.29, 0.717) is 18.2 Å². The molecule has 29 heavy (non-hydrogen) atoms. The zero-order valence-electron chi connectivity index (χ0n) is 16.7. The predicted octanol–water partition coefficient (Wildman–Crippen LogP) is 5.25. The largest absolute Gasteiger partial charge is 0.355 e. The molecule has 1 amide bonds. The number of hydrogen-bond donors (Lipinski definition) is 2. The van der Waals surface area contributed by atoms with Gasteiger partial charge in [0.05, 0.1) is 5.75 Å². The highest BCUT2D eigenvalue weighted by Crippen LogP contribution is 2.28. The van der Waals surface area contributed by atoms with Crippen molar-refractivity contribution < 1.29 is 4.79 Å². The Hall–Kier alpha value is -2.38. The third kappa shape index (κ3) is 7.18. The van der Waals surface area contributed by atoms with E-state index in [1.54, 1.807) is 0 Å². The Morgan fingerprint density at radius 3 is 2.55 bits per heavy atom. The molecule has 7 heteroatoms. The van der Waals surface area contributed by atoms with Crippen molar-refractivity contribution in [1.29, 1.82) is 0 Å². The van der Waals surface area contributed by atoms with Crippen LogP contribution in [0.2, 0.25) is 0 Å². The van der Waals surface area contributed by atoms with Crippen molar-refractivity contribution >= 4 is 39.8 Å². The molecular weight excluding hydrogens is 400 g/mol. The number of amides is 1. The smallest absolute Gasteiger partial charge is 0.230 e. The fraction of sp³-hybridized carbons (Fsp3) is 0.318. The second kappa shape index (κ2) is 11.0. The van der Waals surface area contributed by atoms with Crippen LogP contribution in [0.3, 0.4) is 0 Å². The maximum Gasteiger partial charge on any atom is 0.230 e. The fourth-order valence-corrected chi connectivity index (χ4v) is 4.34. The Kier molecular flexibility index (Phi) is 8.07. The topological polar surface area (TPSA) is 66.9 Å². The van der Waals surface area contributed by atoms with Gasteiger partial charge in [0.2, 0.25) is 11.0 Å². The Morgan fingerprint density at radius 1 is 1.07 bits per heavy atom. The SMILES string of the molecule is CC(C)c1ccc(Nc2nnc(SCC(=O)NCCCc3ccccc3)s2)cc1. The Morgan fingerprint density at radius 2 is 1.83 bits per heavy atom. The van der Waals surface area contributed by atoms with E-state index in [1.165, 1.54) is 34.2 Å². The summed E-state index contributed by atoms with van der Waals surface area (Å²) in [6, 6.07) is 18.6. The van der Waals surface area contributed by atoms with Crippen LogP contribution in [-0.4, -0.2) is 28.4 Å². The molecule has 0 fully saturated rings. The van der Waals surface area contributed by atoms with Crippen molar-refractivity contribution in [2.45, 2.75) is 36.9 Å². The molecule has 0 atom stereocenters. The van der Waals surface area contributed by atoms with E-state index in [4.69, 9.17) is 0 Å². The number of hydrogen-bond acceptors (Lipinski definition) is 6. The lowest BCUT2D eigenvalue weighted by Gasteiger charge is -2.06. The van der Waals surface area contributed by atoms with Gasteiger partial charge in [-0.3, -0.25) is 4.79 Å². The molecule has 0 radical (unpaired) electrons. The summed E-state index contributed by atoms with van der Waals surface area (Å²) in [5.74, 6) is 0.887. The normalized spacial score (nSPS) is 10.9. The number of aryl methyl sites for hydroxylation is 1. The molecule has 0 spiro atoms. The second-order valence-electron chi connectivity index (χ2n) is 7.00. The van der Waals surface area contributed by atoms with Crippen molar-refractivity contribution in [1.82, 2.24) is 15.5 Å². The van der Waals surface area contributed by atoms with Gasteiger partial charge in [-0.05, 0) is 42.0 Å². The van der Waals surface area contributed by atoms with Crippen LogP contribution in [0.25, 0.3) is 0 Å². The van der Waals surface area contributed by atoms with E-state index in [-0.39, 0.29) is 5.91 Å². The summed E-state index contributed by atoms with van der Waals surface area (Å²) in [7, 11) is 0.